The zero-order chi connectivity index (χ0) is 11.4. The van der Waals surface area contributed by atoms with Crippen molar-refractivity contribution < 1.29 is 0 Å². The van der Waals surface area contributed by atoms with E-state index in [9.17, 15) is 0 Å². The quantitative estimate of drug-likeness (QED) is 0.599. The number of amidine groups is 1. The largest absolute Gasteiger partial charge is 0.319 e. The van der Waals surface area contributed by atoms with Crippen LogP contribution in [0.5, 0.6) is 0 Å². The first-order valence-corrected chi connectivity index (χ1v) is 6.01. The molecule has 0 saturated carbocycles. The third-order valence-electron chi connectivity index (χ3n) is 2.55. The van der Waals surface area contributed by atoms with Gasteiger partial charge in [-0.1, -0.05) is 31.6 Å². The molecule has 4 heteroatoms. The van der Waals surface area contributed by atoms with Gasteiger partial charge in [-0.25, -0.2) is 4.99 Å². The third-order valence-corrected chi connectivity index (χ3v) is 2.75. The van der Waals surface area contributed by atoms with Crippen molar-refractivity contribution >= 4 is 28.9 Å². The molecule has 1 aliphatic heterocycles. The molecule has 1 aliphatic carbocycles. The molecule has 84 valence electrons. The summed E-state index contributed by atoms with van der Waals surface area (Å²) < 4.78 is 0. The molecule has 0 radical (unpaired) electrons. The van der Waals surface area contributed by atoms with E-state index in [2.05, 4.69) is 28.3 Å². The smallest absolute Gasteiger partial charge is 0.198 e. The fourth-order valence-electron chi connectivity index (χ4n) is 1.70. The van der Waals surface area contributed by atoms with Crippen molar-refractivity contribution in [2.45, 2.75) is 19.8 Å². The second-order valence-electron chi connectivity index (χ2n) is 3.81. The van der Waals surface area contributed by atoms with Crippen molar-refractivity contribution in [1.82, 2.24) is 5.32 Å². The molecule has 2 rings (SSSR count). The number of thiocarbonyl (C=S) groups is 1. The normalized spacial score (nSPS) is 25.3. The lowest BCUT2D eigenvalue weighted by atomic mass is 9.96. The molecule has 1 heterocycles. The van der Waals surface area contributed by atoms with E-state index in [4.69, 9.17) is 12.2 Å². The van der Waals surface area contributed by atoms with Gasteiger partial charge in [-0.3, -0.25) is 4.99 Å². The van der Waals surface area contributed by atoms with Crippen LogP contribution in [0.3, 0.4) is 0 Å². The van der Waals surface area contributed by atoms with Crippen molar-refractivity contribution in [2.75, 3.05) is 6.54 Å². The van der Waals surface area contributed by atoms with Crippen molar-refractivity contribution in [3.8, 4) is 0 Å². The van der Waals surface area contributed by atoms with Crippen LogP contribution in [0.4, 0.5) is 0 Å². The molecular weight excluding hydrogens is 218 g/mol. The molecule has 1 atom stereocenters. The zero-order valence-corrected chi connectivity index (χ0v) is 10.1. The number of nitrogens with one attached hydrogen (secondary N) is 1. The summed E-state index contributed by atoms with van der Waals surface area (Å²) in [6.45, 7) is 3.01. The maximum absolute atomic E-state index is 5.09. The average molecular weight is 233 g/mol. The van der Waals surface area contributed by atoms with E-state index in [1.54, 1.807) is 0 Å². The van der Waals surface area contributed by atoms with Crippen molar-refractivity contribution in [1.29, 1.82) is 0 Å². The standard InChI is InChI=1S/C12H15N3S/c1-2-3-8-13-11-9-6-4-5-7-10(9)14-12(16)15-11/h4-7,9H,2-3,8H2,1H3,(H,13,15,16). The maximum Gasteiger partial charge on any atom is 0.198 e. The van der Waals surface area contributed by atoms with Gasteiger partial charge in [0.1, 0.15) is 5.84 Å². The number of aliphatic imine (C=N–C) groups is 2. The van der Waals surface area contributed by atoms with Crippen LogP contribution in [0.2, 0.25) is 0 Å². The molecule has 0 fully saturated rings. The molecule has 0 aromatic heterocycles. The predicted molar refractivity (Wildman–Crippen MR) is 72.1 cm³/mol. The molecule has 2 aliphatic rings. The van der Waals surface area contributed by atoms with E-state index in [0.717, 1.165) is 30.9 Å². The second-order valence-corrected chi connectivity index (χ2v) is 4.20. The van der Waals surface area contributed by atoms with Crippen LogP contribution in [0, 0.1) is 5.92 Å². The van der Waals surface area contributed by atoms with Gasteiger partial charge in [-0.2, -0.15) is 0 Å². The van der Waals surface area contributed by atoms with Gasteiger partial charge in [0.25, 0.3) is 0 Å². The summed E-state index contributed by atoms with van der Waals surface area (Å²) in [4.78, 5) is 8.86. The summed E-state index contributed by atoms with van der Waals surface area (Å²) in [5, 5.41) is 3.60. The van der Waals surface area contributed by atoms with Crippen LogP contribution in [-0.2, 0) is 0 Å². The lowest BCUT2D eigenvalue weighted by molar-refractivity contribution is 0.800. The van der Waals surface area contributed by atoms with Gasteiger partial charge in [0.15, 0.2) is 5.11 Å². The molecule has 1 unspecified atom stereocenters. The average Bonchev–Trinajstić information content (AvgIpc) is 2.29. The number of rotatable bonds is 3. The Labute approximate surface area is 101 Å². The number of hydrogen-bond acceptors (Lipinski definition) is 2. The molecule has 0 aromatic carbocycles. The van der Waals surface area contributed by atoms with E-state index in [1.807, 2.05) is 18.2 Å². The summed E-state index contributed by atoms with van der Waals surface area (Å²) in [6, 6.07) is 0. The van der Waals surface area contributed by atoms with Gasteiger partial charge in [-0.15, -0.1) is 0 Å². The fourth-order valence-corrected chi connectivity index (χ4v) is 1.91. The number of unbranched alkanes of at least 4 members (excludes halogenated alkanes) is 1. The van der Waals surface area contributed by atoms with Crippen molar-refractivity contribution in [3.63, 3.8) is 0 Å². The Kier molecular flexibility index (Phi) is 3.62. The van der Waals surface area contributed by atoms with Crippen LogP contribution in [0.1, 0.15) is 19.8 Å². The van der Waals surface area contributed by atoms with Gasteiger partial charge in [0, 0.05) is 6.54 Å². The lowest BCUT2D eigenvalue weighted by Crippen LogP contribution is -2.42. The SMILES string of the molecule is CCCCN=C1NC(=S)N=C2C=CC=CC21. The van der Waals surface area contributed by atoms with Gasteiger partial charge in [0.05, 0.1) is 11.6 Å². The van der Waals surface area contributed by atoms with Crippen molar-refractivity contribution in [2.24, 2.45) is 15.9 Å². The highest BCUT2D eigenvalue weighted by Gasteiger charge is 2.24. The molecule has 0 aromatic rings. The Morgan fingerprint density at radius 2 is 2.38 bits per heavy atom. The van der Waals surface area contributed by atoms with E-state index < -0.39 is 0 Å². The van der Waals surface area contributed by atoms with Crippen LogP contribution in [0.15, 0.2) is 34.3 Å². The van der Waals surface area contributed by atoms with Gasteiger partial charge in [-0.05, 0) is 24.7 Å². The van der Waals surface area contributed by atoms with Gasteiger partial charge in [0.2, 0.25) is 0 Å². The molecule has 1 N–H and O–H groups in total. The topological polar surface area (TPSA) is 36.8 Å². The number of nitrogens with zero attached hydrogens (tertiary/aromatic N) is 2. The molecule has 16 heavy (non-hydrogen) atoms. The molecule has 0 spiro atoms. The van der Waals surface area contributed by atoms with Crippen LogP contribution in [-0.4, -0.2) is 23.2 Å². The van der Waals surface area contributed by atoms with Gasteiger partial charge >= 0.3 is 0 Å². The molecule has 0 saturated heterocycles. The Bertz CT molecular complexity index is 404. The first kappa shape index (κ1) is 11.2. The highest BCUT2D eigenvalue weighted by atomic mass is 32.1. The summed E-state index contributed by atoms with van der Waals surface area (Å²) in [5.41, 5.74) is 0.987. The summed E-state index contributed by atoms with van der Waals surface area (Å²) in [5.74, 6) is 1.10. The maximum atomic E-state index is 5.09. The van der Waals surface area contributed by atoms with Crippen LogP contribution in [0.25, 0.3) is 0 Å². The monoisotopic (exact) mass is 233 g/mol. The predicted octanol–water partition coefficient (Wildman–Crippen LogP) is 2.26. The van der Waals surface area contributed by atoms with Crippen LogP contribution < -0.4 is 5.32 Å². The Morgan fingerprint density at radius 1 is 1.50 bits per heavy atom. The van der Waals surface area contributed by atoms with Crippen molar-refractivity contribution in [3.05, 3.63) is 24.3 Å². The summed E-state index contributed by atoms with van der Waals surface area (Å²) >= 11 is 5.09. The van der Waals surface area contributed by atoms with Crippen LogP contribution >= 0.6 is 12.2 Å². The first-order chi connectivity index (χ1) is 7.81. The number of fused-ring (bicyclic) bond motifs is 1. The molecule has 3 nitrogen and oxygen atoms in total. The third kappa shape index (κ3) is 2.44. The lowest BCUT2D eigenvalue weighted by Gasteiger charge is -2.24. The van der Waals surface area contributed by atoms with Gasteiger partial charge < -0.3 is 5.32 Å². The molecule has 0 amide bonds. The summed E-state index contributed by atoms with van der Waals surface area (Å²) in [7, 11) is 0. The van der Waals surface area contributed by atoms with E-state index in [1.165, 1.54) is 0 Å². The zero-order valence-electron chi connectivity index (χ0n) is 9.31. The minimum atomic E-state index is 0.161. The van der Waals surface area contributed by atoms with E-state index in [-0.39, 0.29) is 5.92 Å². The Hall–Kier alpha value is -1.29. The highest BCUT2D eigenvalue weighted by Crippen LogP contribution is 2.15. The number of hydrogen-bond donors (Lipinski definition) is 1. The second kappa shape index (κ2) is 5.16. The molecular formula is C12H15N3S. The summed E-state index contributed by atoms with van der Waals surface area (Å²) in [6.07, 6.45) is 10.4. The fraction of sp³-hybridized carbons (Fsp3) is 0.417. The minimum absolute atomic E-state index is 0.161. The molecule has 0 bridgehead atoms. The first-order valence-electron chi connectivity index (χ1n) is 5.60. The minimum Gasteiger partial charge on any atom is -0.319 e. The van der Waals surface area contributed by atoms with E-state index >= 15 is 0 Å². The number of allylic oxidation sites excluding steroid dienone is 3. The van der Waals surface area contributed by atoms with E-state index in [0.29, 0.717) is 5.11 Å². The Balaban J connectivity index is 2.18. The Morgan fingerprint density at radius 3 is 3.19 bits per heavy atom. The highest BCUT2D eigenvalue weighted by molar-refractivity contribution is 7.80.